The molecule has 20 heavy (non-hydrogen) atoms. The van der Waals surface area contributed by atoms with Crippen LogP contribution in [-0.4, -0.2) is 47.6 Å². The van der Waals surface area contributed by atoms with E-state index < -0.39 is 0 Å². The molecule has 1 aromatic rings. The van der Waals surface area contributed by atoms with Gasteiger partial charge in [-0.05, 0) is 19.4 Å². The smallest absolute Gasteiger partial charge is 0.254 e. The molecule has 1 fully saturated rings. The van der Waals surface area contributed by atoms with E-state index in [1.807, 2.05) is 0 Å². The van der Waals surface area contributed by atoms with E-state index in [1.54, 1.807) is 17.9 Å². The normalized spacial score (nSPS) is 19.9. The minimum Gasteiger partial charge on any atom is -0.472 e. The van der Waals surface area contributed by atoms with Crippen LogP contribution in [-0.2, 0) is 4.79 Å². The summed E-state index contributed by atoms with van der Waals surface area (Å²) in [5.41, 5.74) is 0.452. The second-order valence-corrected chi connectivity index (χ2v) is 5.15. The van der Waals surface area contributed by atoms with E-state index >= 15 is 0 Å². The fourth-order valence-electron chi connectivity index (χ4n) is 2.34. The number of nitrogens with zero attached hydrogens (tertiary/aromatic N) is 1. The van der Waals surface area contributed by atoms with Gasteiger partial charge in [0.05, 0.1) is 17.9 Å². The van der Waals surface area contributed by atoms with Crippen LogP contribution < -0.4 is 5.32 Å². The number of hydrogen-bond donors (Lipinski definition) is 2. The Kier molecular flexibility index (Phi) is 4.79. The summed E-state index contributed by atoms with van der Waals surface area (Å²) < 4.78 is 4.82. The van der Waals surface area contributed by atoms with Gasteiger partial charge in [0.25, 0.3) is 5.91 Å². The van der Waals surface area contributed by atoms with Gasteiger partial charge in [0, 0.05) is 32.0 Å². The molecule has 0 spiro atoms. The van der Waals surface area contributed by atoms with E-state index in [0.29, 0.717) is 25.2 Å². The molecule has 2 rings (SSSR count). The second-order valence-electron chi connectivity index (χ2n) is 5.15. The summed E-state index contributed by atoms with van der Waals surface area (Å²) in [4.78, 5) is 25.3. The van der Waals surface area contributed by atoms with Gasteiger partial charge < -0.3 is 19.7 Å². The van der Waals surface area contributed by atoms with E-state index in [4.69, 9.17) is 4.42 Å². The van der Waals surface area contributed by atoms with Crippen molar-refractivity contribution in [1.29, 1.82) is 0 Å². The van der Waals surface area contributed by atoms with Crippen molar-refractivity contribution in [3.8, 4) is 0 Å². The second kappa shape index (κ2) is 6.56. The van der Waals surface area contributed by atoms with Crippen LogP contribution in [0.2, 0.25) is 0 Å². The van der Waals surface area contributed by atoms with Gasteiger partial charge in [-0.15, -0.1) is 0 Å². The molecule has 6 heteroatoms. The van der Waals surface area contributed by atoms with Gasteiger partial charge in [-0.25, -0.2) is 0 Å². The third-order valence-corrected chi connectivity index (χ3v) is 3.67. The monoisotopic (exact) mass is 280 g/mol. The predicted octanol–water partition coefficient (Wildman–Crippen LogP) is 0.629. The van der Waals surface area contributed by atoms with Crippen LogP contribution in [0.1, 0.15) is 30.1 Å². The molecule has 2 unspecified atom stereocenters. The van der Waals surface area contributed by atoms with Crippen molar-refractivity contribution < 1.29 is 19.1 Å². The average molecular weight is 280 g/mol. The molecule has 1 aromatic heterocycles. The fourth-order valence-corrected chi connectivity index (χ4v) is 2.34. The van der Waals surface area contributed by atoms with Gasteiger partial charge in [0.15, 0.2) is 0 Å². The zero-order valence-corrected chi connectivity index (χ0v) is 11.5. The summed E-state index contributed by atoms with van der Waals surface area (Å²) in [7, 11) is 0. The molecule has 1 saturated heterocycles. The Hall–Kier alpha value is -1.82. The minimum absolute atomic E-state index is 0.0145. The fraction of sp³-hybridized carbons (Fsp3) is 0.571. The Labute approximate surface area is 117 Å². The minimum atomic E-state index is -0.381. The molecule has 0 saturated carbocycles. The predicted molar refractivity (Wildman–Crippen MR) is 72.0 cm³/mol. The first kappa shape index (κ1) is 14.6. The summed E-state index contributed by atoms with van der Waals surface area (Å²) in [5, 5.41) is 12.2. The highest BCUT2D eigenvalue weighted by atomic mass is 16.3. The number of carbonyl (C=O) groups excluding carboxylic acids is 2. The third kappa shape index (κ3) is 3.60. The van der Waals surface area contributed by atoms with E-state index in [-0.39, 0.29) is 30.3 Å². The van der Waals surface area contributed by atoms with Crippen LogP contribution in [0.3, 0.4) is 0 Å². The molecule has 0 aliphatic carbocycles. The van der Waals surface area contributed by atoms with Gasteiger partial charge in [-0.2, -0.15) is 0 Å². The van der Waals surface area contributed by atoms with Crippen molar-refractivity contribution in [2.45, 2.75) is 25.9 Å². The molecule has 0 radical (unpaired) electrons. The largest absolute Gasteiger partial charge is 0.472 e. The molecule has 2 N–H and O–H groups in total. The number of aliphatic hydroxyl groups excluding tert-OH is 1. The summed E-state index contributed by atoms with van der Waals surface area (Å²) in [6, 6.07) is 1.57. The number of aliphatic hydroxyl groups is 1. The topological polar surface area (TPSA) is 82.8 Å². The standard InChI is InChI=1S/C14H20N2O4/c1-10(17)11-3-6-16(8-11)13(18)2-5-15-14(19)12-4-7-20-9-12/h4,7,9-11,17H,2-3,5-6,8H2,1H3,(H,15,19). The maximum atomic E-state index is 12.0. The van der Waals surface area contributed by atoms with Crippen molar-refractivity contribution >= 4 is 11.8 Å². The lowest BCUT2D eigenvalue weighted by molar-refractivity contribution is -0.130. The summed E-state index contributed by atoms with van der Waals surface area (Å²) in [6.07, 6.45) is 3.53. The lowest BCUT2D eigenvalue weighted by Crippen LogP contribution is -2.34. The first-order chi connectivity index (χ1) is 9.58. The summed E-state index contributed by atoms with van der Waals surface area (Å²) in [6.45, 7) is 3.35. The van der Waals surface area contributed by atoms with Crippen molar-refractivity contribution in [3.05, 3.63) is 24.2 Å². The van der Waals surface area contributed by atoms with Crippen LogP contribution in [0.15, 0.2) is 23.0 Å². The molecular formula is C14H20N2O4. The first-order valence-corrected chi connectivity index (χ1v) is 6.84. The number of hydrogen-bond acceptors (Lipinski definition) is 4. The lowest BCUT2D eigenvalue weighted by atomic mass is 10.0. The Balaban J connectivity index is 1.70. The number of rotatable bonds is 5. The van der Waals surface area contributed by atoms with Crippen LogP contribution in [0.5, 0.6) is 0 Å². The number of carbonyl (C=O) groups is 2. The van der Waals surface area contributed by atoms with E-state index in [0.717, 1.165) is 6.42 Å². The maximum absolute atomic E-state index is 12.0. The highest BCUT2D eigenvalue weighted by Crippen LogP contribution is 2.20. The van der Waals surface area contributed by atoms with Crippen LogP contribution in [0, 0.1) is 5.92 Å². The van der Waals surface area contributed by atoms with Crippen LogP contribution >= 0.6 is 0 Å². The summed E-state index contributed by atoms with van der Waals surface area (Å²) in [5.74, 6) is -0.0602. The number of nitrogens with one attached hydrogen (secondary N) is 1. The molecule has 2 amide bonds. The van der Waals surface area contributed by atoms with Crippen molar-refractivity contribution in [1.82, 2.24) is 10.2 Å². The average Bonchev–Trinajstić information content (AvgIpc) is 3.09. The van der Waals surface area contributed by atoms with Gasteiger partial charge in [0.2, 0.25) is 5.91 Å². The van der Waals surface area contributed by atoms with Gasteiger partial charge in [0.1, 0.15) is 6.26 Å². The molecule has 110 valence electrons. The molecule has 0 aromatic carbocycles. The van der Waals surface area contributed by atoms with Crippen molar-refractivity contribution in [2.24, 2.45) is 5.92 Å². The van der Waals surface area contributed by atoms with E-state index in [2.05, 4.69) is 5.32 Å². The highest BCUT2D eigenvalue weighted by molar-refractivity contribution is 5.94. The molecule has 2 heterocycles. The molecule has 0 bridgehead atoms. The number of amides is 2. The molecular weight excluding hydrogens is 260 g/mol. The molecule has 1 aliphatic heterocycles. The third-order valence-electron chi connectivity index (χ3n) is 3.67. The van der Waals surface area contributed by atoms with Gasteiger partial charge >= 0.3 is 0 Å². The first-order valence-electron chi connectivity index (χ1n) is 6.84. The molecule has 6 nitrogen and oxygen atoms in total. The van der Waals surface area contributed by atoms with E-state index in [9.17, 15) is 14.7 Å². The number of furan rings is 1. The van der Waals surface area contributed by atoms with E-state index in [1.165, 1.54) is 12.5 Å². The summed E-state index contributed by atoms with van der Waals surface area (Å²) >= 11 is 0. The zero-order chi connectivity index (χ0) is 14.5. The quantitative estimate of drug-likeness (QED) is 0.828. The van der Waals surface area contributed by atoms with Gasteiger partial charge in [-0.1, -0.05) is 0 Å². The Morgan fingerprint density at radius 2 is 2.40 bits per heavy atom. The van der Waals surface area contributed by atoms with Gasteiger partial charge in [-0.3, -0.25) is 9.59 Å². The molecule has 2 atom stereocenters. The number of likely N-dealkylation sites (tertiary alicyclic amines) is 1. The maximum Gasteiger partial charge on any atom is 0.254 e. The lowest BCUT2D eigenvalue weighted by Gasteiger charge is -2.17. The van der Waals surface area contributed by atoms with Crippen molar-refractivity contribution in [2.75, 3.05) is 19.6 Å². The molecule has 1 aliphatic rings. The van der Waals surface area contributed by atoms with Crippen molar-refractivity contribution in [3.63, 3.8) is 0 Å². The highest BCUT2D eigenvalue weighted by Gasteiger charge is 2.28. The Bertz CT molecular complexity index is 456. The zero-order valence-electron chi connectivity index (χ0n) is 11.5. The Morgan fingerprint density at radius 1 is 1.60 bits per heavy atom. The SMILES string of the molecule is CC(O)C1CCN(C(=O)CCNC(=O)c2ccoc2)C1. The Morgan fingerprint density at radius 3 is 3.00 bits per heavy atom. The van der Waals surface area contributed by atoms with Crippen LogP contribution in [0.25, 0.3) is 0 Å². The van der Waals surface area contributed by atoms with Crippen LogP contribution in [0.4, 0.5) is 0 Å².